The van der Waals surface area contributed by atoms with Crippen LogP contribution in [0.15, 0.2) is 28.8 Å². The molecule has 9 nitrogen and oxygen atoms in total. The van der Waals surface area contributed by atoms with Gasteiger partial charge in [0.2, 0.25) is 0 Å². The molecule has 1 fully saturated rings. The second-order valence-corrected chi connectivity index (χ2v) is 9.33. The van der Waals surface area contributed by atoms with Gasteiger partial charge in [-0.2, -0.15) is 0 Å². The molecule has 3 rings (SSSR count). The fourth-order valence-corrected chi connectivity index (χ4v) is 3.77. The van der Waals surface area contributed by atoms with E-state index in [2.05, 4.69) is 10.5 Å². The molecule has 0 bridgehead atoms. The molecule has 2 unspecified atom stereocenters. The van der Waals surface area contributed by atoms with Crippen molar-refractivity contribution in [3.8, 4) is 11.3 Å². The number of carbonyl (C=O) groups excluding carboxylic acids is 3. The summed E-state index contributed by atoms with van der Waals surface area (Å²) in [6.07, 6.45) is -0.330. The molecule has 0 aliphatic carbocycles. The van der Waals surface area contributed by atoms with Crippen LogP contribution in [-0.4, -0.2) is 59.9 Å². The highest BCUT2D eigenvalue weighted by Crippen LogP contribution is 2.33. The first kappa shape index (κ1) is 25.1. The fraction of sp³-hybridized carbons (Fsp3) is 0.478. The van der Waals surface area contributed by atoms with Crippen molar-refractivity contribution >= 4 is 18.0 Å². The summed E-state index contributed by atoms with van der Waals surface area (Å²) in [6.45, 7) is 6.99. The van der Waals surface area contributed by atoms with Crippen LogP contribution in [0.4, 0.5) is 13.6 Å². The molecule has 2 heterocycles. The number of amides is 2. The van der Waals surface area contributed by atoms with Crippen molar-refractivity contribution in [1.29, 1.82) is 0 Å². The van der Waals surface area contributed by atoms with E-state index in [1.165, 1.54) is 24.1 Å². The number of halogens is 2. The molecular weight excluding hydrogens is 452 g/mol. The zero-order chi connectivity index (χ0) is 25.3. The Labute approximate surface area is 195 Å². The number of hydrogen-bond donors (Lipinski definition) is 1. The van der Waals surface area contributed by atoms with Gasteiger partial charge >= 0.3 is 12.1 Å². The Balaban J connectivity index is 1.77. The Morgan fingerprint density at radius 1 is 1.24 bits per heavy atom. The van der Waals surface area contributed by atoms with Crippen LogP contribution in [0.25, 0.3) is 11.3 Å². The quantitative estimate of drug-likeness (QED) is 0.668. The Kier molecular flexibility index (Phi) is 6.94. The summed E-state index contributed by atoms with van der Waals surface area (Å²) in [7, 11) is 1.22. The maximum absolute atomic E-state index is 14.0. The molecule has 0 spiro atoms. The number of rotatable bonds is 4. The van der Waals surface area contributed by atoms with Gasteiger partial charge in [-0.05, 0) is 46.2 Å². The Morgan fingerprint density at radius 3 is 2.56 bits per heavy atom. The lowest BCUT2D eigenvalue weighted by Gasteiger charge is -2.44. The molecule has 0 radical (unpaired) electrons. The summed E-state index contributed by atoms with van der Waals surface area (Å²) >= 11 is 0. The SMILES string of the molecule is COC(=O)C1(C)CN(C(=O)OC(C)(C)C)CCC1NC(=O)c1cc(-c2ccc(F)cc2F)on1. The van der Waals surface area contributed by atoms with Gasteiger partial charge in [-0.15, -0.1) is 0 Å². The van der Waals surface area contributed by atoms with Gasteiger partial charge in [0, 0.05) is 31.3 Å². The van der Waals surface area contributed by atoms with Gasteiger partial charge in [-0.1, -0.05) is 5.16 Å². The number of piperidine rings is 1. The first-order valence-corrected chi connectivity index (χ1v) is 10.6. The van der Waals surface area contributed by atoms with Crippen molar-refractivity contribution in [3.63, 3.8) is 0 Å². The molecule has 1 aliphatic heterocycles. The molecule has 2 aromatic rings. The van der Waals surface area contributed by atoms with Gasteiger partial charge in [-0.3, -0.25) is 9.59 Å². The normalized spacial score (nSPS) is 20.6. The van der Waals surface area contributed by atoms with Crippen molar-refractivity contribution in [2.45, 2.75) is 45.8 Å². The van der Waals surface area contributed by atoms with Crippen LogP contribution >= 0.6 is 0 Å². The molecule has 2 atom stereocenters. The third-order valence-electron chi connectivity index (χ3n) is 5.52. The minimum atomic E-state index is -1.27. The van der Waals surface area contributed by atoms with Crippen LogP contribution in [0.3, 0.4) is 0 Å². The third kappa shape index (κ3) is 5.35. The van der Waals surface area contributed by atoms with Gasteiger partial charge in [0.1, 0.15) is 22.7 Å². The summed E-state index contributed by atoms with van der Waals surface area (Å²) in [5.41, 5.74) is -2.19. The van der Waals surface area contributed by atoms with Crippen molar-refractivity contribution in [2.24, 2.45) is 5.41 Å². The number of aromatic nitrogens is 1. The maximum atomic E-state index is 14.0. The van der Waals surface area contributed by atoms with E-state index >= 15 is 0 Å². The van der Waals surface area contributed by atoms with Gasteiger partial charge in [0.25, 0.3) is 5.91 Å². The summed E-state index contributed by atoms with van der Waals surface area (Å²) < 4.78 is 42.6. The minimum absolute atomic E-state index is 0.0373. The average Bonchev–Trinajstić information content (AvgIpc) is 3.23. The monoisotopic (exact) mass is 479 g/mol. The number of hydrogen-bond acceptors (Lipinski definition) is 7. The van der Waals surface area contributed by atoms with Gasteiger partial charge < -0.3 is 24.2 Å². The van der Waals surface area contributed by atoms with Crippen molar-refractivity contribution < 1.29 is 37.2 Å². The first-order chi connectivity index (χ1) is 15.8. The fourth-order valence-electron chi connectivity index (χ4n) is 3.77. The number of carbonyl (C=O) groups is 3. The molecule has 1 saturated heterocycles. The first-order valence-electron chi connectivity index (χ1n) is 10.6. The van der Waals surface area contributed by atoms with Crippen molar-refractivity contribution in [2.75, 3.05) is 20.2 Å². The Morgan fingerprint density at radius 2 is 1.94 bits per heavy atom. The number of ether oxygens (including phenoxy) is 2. The zero-order valence-corrected chi connectivity index (χ0v) is 19.6. The van der Waals surface area contributed by atoms with Crippen LogP contribution < -0.4 is 5.32 Å². The molecule has 11 heteroatoms. The molecule has 2 amide bonds. The number of likely N-dealkylation sites (tertiary alicyclic amines) is 1. The topological polar surface area (TPSA) is 111 Å². The molecule has 1 N–H and O–H groups in total. The highest BCUT2D eigenvalue weighted by atomic mass is 19.1. The summed E-state index contributed by atoms with van der Waals surface area (Å²) in [5.74, 6) is -2.95. The third-order valence-corrected chi connectivity index (χ3v) is 5.52. The van der Waals surface area contributed by atoms with E-state index in [1.807, 2.05) is 0 Å². The van der Waals surface area contributed by atoms with Crippen LogP contribution in [-0.2, 0) is 14.3 Å². The summed E-state index contributed by atoms with van der Waals surface area (Å²) in [6, 6.07) is 3.44. The van der Waals surface area contributed by atoms with E-state index in [-0.39, 0.29) is 36.5 Å². The highest BCUT2D eigenvalue weighted by molar-refractivity contribution is 5.94. The van der Waals surface area contributed by atoms with Gasteiger partial charge in [-0.25, -0.2) is 13.6 Å². The van der Waals surface area contributed by atoms with E-state index in [1.54, 1.807) is 27.7 Å². The number of nitrogens with one attached hydrogen (secondary N) is 1. The summed E-state index contributed by atoms with van der Waals surface area (Å²) in [5, 5.41) is 6.41. The molecule has 1 aromatic carbocycles. The highest BCUT2D eigenvalue weighted by Gasteiger charge is 2.49. The molecule has 1 aliphatic rings. The lowest BCUT2D eigenvalue weighted by atomic mass is 9.77. The van der Waals surface area contributed by atoms with Crippen LogP contribution in [0.2, 0.25) is 0 Å². The predicted molar refractivity (Wildman–Crippen MR) is 116 cm³/mol. The van der Waals surface area contributed by atoms with Crippen LogP contribution in [0.5, 0.6) is 0 Å². The number of methoxy groups -OCH3 is 1. The molecular formula is C23H27F2N3O6. The zero-order valence-electron chi connectivity index (χ0n) is 19.6. The minimum Gasteiger partial charge on any atom is -0.468 e. The van der Waals surface area contributed by atoms with E-state index in [0.717, 1.165) is 6.07 Å². The Bertz CT molecular complexity index is 1100. The molecule has 34 heavy (non-hydrogen) atoms. The van der Waals surface area contributed by atoms with E-state index in [9.17, 15) is 23.2 Å². The second kappa shape index (κ2) is 9.40. The van der Waals surface area contributed by atoms with Gasteiger partial charge in [0.05, 0.1) is 12.7 Å². The Hall–Kier alpha value is -3.50. The predicted octanol–water partition coefficient (Wildman–Crippen LogP) is 3.54. The van der Waals surface area contributed by atoms with E-state index < -0.39 is 46.7 Å². The summed E-state index contributed by atoms with van der Waals surface area (Å²) in [4.78, 5) is 39.5. The molecule has 0 saturated carbocycles. The lowest BCUT2D eigenvalue weighted by Crippen LogP contribution is -2.61. The smallest absolute Gasteiger partial charge is 0.410 e. The standard InChI is InChI=1S/C23H27F2N3O6/c1-22(2,3)33-21(31)28-9-8-18(23(4,12-28)20(30)32-5)26-19(29)16-11-17(34-27-16)14-7-6-13(24)10-15(14)25/h6-7,10-11,18H,8-9,12H2,1-5H3,(H,26,29). The molecule has 184 valence electrons. The van der Waals surface area contributed by atoms with E-state index in [0.29, 0.717) is 6.07 Å². The number of nitrogens with zero attached hydrogens (tertiary/aromatic N) is 2. The van der Waals surface area contributed by atoms with Crippen molar-refractivity contribution in [3.05, 3.63) is 41.6 Å². The maximum Gasteiger partial charge on any atom is 0.410 e. The van der Waals surface area contributed by atoms with Crippen LogP contribution in [0.1, 0.15) is 44.6 Å². The number of benzene rings is 1. The average molecular weight is 479 g/mol. The van der Waals surface area contributed by atoms with E-state index in [4.69, 9.17) is 14.0 Å². The van der Waals surface area contributed by atoms with Crippen LogP contribution in [0, 0.1) is 17.0 Å². The molecule has 1 aromatic heterocycles. The second-order valence-electron chi connectivity index (χ2n) is 9.33. The largest absolute Gasteiger partial charge is 0.468 e. The van der Waals surface area contributed by atoms with Gasteiger partial charge in [0.15, 0.2) is 11.5 Å². The number of esters is 1. The lowest BCUT2D eigenvalue weighted by molar-refractivity contribution is -0.156. The van der Waals surface area contributed by atoms with Crippen molar-refractivity contribution in [1.82, 2.24) is 15.4 Å².